The van der Waals surface area contributed by atoms with Crippen LogP contribution in [-0.2, 0) is 0 Å². The van der Waals surface area contributed by atoms with Crippen molar-refractivity contribution < 1.29 is 4.39 Å². The van der Waals surface area contributed by atoms with E-state index in [0.717, 1.165) is 0 Å². The van der Waals surface area contributed by atoms with Crippen LogP contribution in [0.2, 0.25) is 0 Å². The number of halogens is 1. The summed E-state index contributed by atoms with van der Waals surface area (Å²) < 4.78 is 12.6. The number of nitrogens with one attached hydrogen (secondary N) is 1. The van der Waals surface area contributed by atoms with Gasteiger partial charge in [0.25, 0.3) is 0 Å². The summed E-state index contributed by atoms with van der Waals surface area (Å²) in [6.07, 6.45) is 0.683. The summed E-state index contributed by atoms with van der Waals surface area (Å²) in [6.45, 7) is 5.03. The summed E-state index contributed by atoms with van der Waals surface area (Å²) in [5, 5.41) is 6.90. The van der Waals surface area contributed by atoms with E-state index in [-0.39, 0.29) is 11.5 Å². The molecule has 0 bridgehead atoms. The predicted molar refractivity (Wildman–Crippen MR) is 37.5 cm³/mol. The SMILES string of the molecule is CC/C(C)=C(\F)C(C)=N. The molecule has 0 amide bonds. The van der Waals surface area contributed by atoms with Crippen LogP contribution in [0.3, 0.4) is 0 Å². The molecule has 0 radical (unpaired) electrons. The highest BCUT2D eigenvalue weighted by Crippen LogP contribution is 2.09. The Morgan fingerprint density at radius 2 is 1.89 bits per heavy atom. The van der Waals surface area contributed by atoms with Crippen molar-refractivity contribution in [2.24, 2.45) is 0 Å². The molecule has 0 spiro atoms. The van der Waals surface area contributed by atoms with E-state index in [1.165, 1.54) is 6.92 Å². The van der Waals surface area contributed by atoms with Gasteiger partial charge in [-0.3, -0.25) is 0 Å². The summed E-state index contributed by atoms with van der Waals surface area (Å²) in [6, 6.07) is 0. The Kier molecular flexibility index (Phi) is 3.13. The van der Waals surface area contributed by atoms with Gasteiger partial charge in [-0.05, 0) is 25.8 Å². The van der Waals surface area contributed by atoms with Gasteiger partial charge in [-0.15, -0.1) is 0 Å². The quantitative estimate of drug-likeness (QED) is 0.554. The molecule has 0 aliphatic rings. The fraction of sp³-hybridized carbons (Fsp3) is 0.571. The minimum atomic E-state index is -0.363. The smallest absolute Gasteiger partial charge is 0.142 e. The minimum absolute atomic E-state index is 0.0225. The van der Waals surface area contributed by atoms with Crippen molar-refractivity contribution in [3.63, 3.8) is 0 Å². The van der Waals surface area contributed by atoms with E-state index in [0.29, 0.717) is 12.0 Å². The molecule has 1 nitrogen and oxygen atoms in total. The average Bonchev–Trinajstić information content (AvgIpc) is 1.84. The maximum Gasteiger partial charge on any atom is 0.142 e. The van der Waals surface area contributed by atoms with Gasteiger partial charge in [-0.1, -0.05) is 6.92 Å². The van der Waals surface area contributed by atoms with Gasteiger partial charge in [0, 0.05) is 0 Å². The van der Waals surface area contributed by atoms with Crippen molar-refractivity contribution in [3.05, 3.63) is 11.4 Å². The van der Waals surface area contributed by atoms with E-state index in [2.05, 4.69) is 0 Å². The van der Waals surface area contributed by atoms with Crippen LogP contribution in [0.4, 0.5) is 4.39 Å². The lowest BCUT2D eigenvalue weighted by Crippen LogP contribution is -1.91. The molecule has 2 heteroatoms. The highest BCUT2D eigenvalue weighted by molar-refractivity contribution is 5.94. The zero-order valence-corrected chi connectivity index (χ0v) is 6.09. The third-order valence-corrected chi connectivity index (χ3v) is 1.23. The first kappa shape index (κ1) is 8.34. The topological polar surface area (TPSA) is 23.9 Å². The summed E-state index contributed by atoms with van der Waals surface area (Å²) in [5.74, 6) is -0.363. The van der Waals surface area contributed by atoms with Crippen molar-refractivity contribution in [2.75, 3.05) is 0 Å². The van der Waals surface area contributed by atoms with E-state index < -0.39 is 0 Å². The molecule has 0 aromatic carbocycles. The molecule has 52 valence electrons. The molecule has 1 N–H and O–H groups in total. The largest absolute Gasteiger partial charge is 0.303 e. The zero-order chi connectivity index (χ0) is 7.44. The van der Waals surface area contributed by atoms with Crippen LogP contribution in [0.5, 0.6) is 0 Å². The van der Waals surface area contributed by atoms with Gasteiger partial charge < -0.3 is 5.41 Å². The molecule has 0 fully saturated rings. The van der Waals surface area contributed by atoms with E-state index >= 15 is 0 Å². The van der Waals surface area contributed by atoms with E-state index in [9.17, 15) is 4.39 Å². The van der Waals surface area contributed by atoms with Crippen LogP contribution >= 0.6 is 0 Å². The molecule has 0 aromatic heterocycles. The second-order valence-corrected chi connectivity index (χ2v) is 2.07. The van der Waals surface area contributed by atoms with Crippen LogP contribution in [0.1, 0.15) is 27.2 Å². The standard InChI is InChI=1S/C7H12FN/c1-4-5(2)7(8)6(3)9/h9H,4H2,1-3H3/b7-5-,9-6?. The molecular weight excluding hydrogens is 117 g/mol. The first-order valence-electron chi connectivity index (χ1n) is 3.00. The number of allylic oxidation sites excluding steroid dienone is 2. The second-order valence-electron chi connectivity index (χ2n) is 2.07. The summed E-state index contributed by atoms with van der Waals surface area (Å²) >= 11 is 0. The Morgan fingerprint density at radius 1 is 1.44 bits per heavy atom. The van der Waals surface area contributed by atoms with Gasteiger partial charge in [0.1, 0.15) is 5.83 Å². The maximum atomic E-state index is 12.6. The third-order valence-electron chi connectivity index (χ3n) is 1.23. The van der Waals surface area contributed by atoms with E-state index in [1.807, 2.05) is 6.92 Å². The Hall–Kier alpha value is -0.660. The van der Waals surface area contributed by atoms with Crippen molar-refractivity contribution in [1.29, 1.82) is 5.41 Å². The summed E-state index contributed by atoms with van der Waals surface area (Å²) in [7, 11) is 0. The molecule has 0 atom stereocenters. The average molecular weight is 129 g/mol. The summed E-state index contributed by atoms with van der Waals surface area (Å²) in [4.78, 5) is 0. The highest BCUT2D eigenvalue weighted by Gasteiger charge is 1.99. The van der Waals surface area contributed by atoms with Gasteiger partial charge in [0.15, 0.2) is 0 Å². The molecule has 0 aliphatic heterocycles. The molecule has 0 rings (SSSR count). The molecule has 0 aromatic rings. The normalized spacial score (nSPS) is 12.9. The number of rotatable bonds is 2. The molecule has 0 saturated carbocycles. The van der Waals surface area contributed by atoms with Gasteiger partial charge in [0.05, 0.1) is 5.71 Å². The highest BCUT2D eigenvalue weighted by atomic mass is 19.1. The molecule has 0 unspecified atom stereocenters. The van der Waals surface area contributed by atoms with Crippen LogP contribution in [0, 0.1) is 5.41 Å². The number of hydrogen-bond donors (Lipinski definition) is 1. The van der Waals surface area contributed by atoms with Crippen molar-refractivity contribution in [2.45, 2.75) is 27.2 Å². The van der Waals surface area contributed by atoms with E-state index in [4.69, 9.17) is 5.41 Å². The molecule has 9 heavy (non-hydrogen) atoms. The first-order valence-corrected chi connectivity index (χ1v) is 3.00. The number of hydrogen-bond acceptors (Lipinski definition) is 1. The Bertz CT molecular complexity index is 147. The Morgan fingerprint density at radius 3 is 2.00 bits per heavy atom. The minimum Gasteiger partial charge on any atom is -0.303 e. The van der Waals surface area contributed by atoms with Crippen LogP contribution in [-0.4, -0.2) is 5.71 Å². The fourth-order valence-corrected chi connectivity index (χ4v) is 0.475. The second kappa shape index (κ2) is 3.38. The monoisotopic (exact) mass is 129 g/mol. The first-order chi connectivity index (χ1) is 4.09. The molecule has 0 heterocycles. The lowest BCUT2D eigenvalue weighted by atomic mass is 10.2. The molecular formula is C7H12FN. The summed E-state index contributed by atoms with van der Waals surface area (Å²) in [5.41, 5.74) is 0.678. The van der Waals surface area contributed by atoms with Gasteiger partial charge >= 0.3 is 0 Å². The van der Waals surface area contributed by atoms with Crippen molar-refractivity contribution in [1.82, 2.24) is 0 Å². The van der Waals surface area contributed by atoms with Crippen molar-refractivity contribution in [3.8, 4) is 0 Å². The van der Waals surface area contributed by atoms with Crippen molar-refractivity contribution >= 4 is 5.71 Å². The maximum absolute atomic E-state index is 12.6. The van der Waals surface area contributed by atoms with Gasteiger partial charge in [0.2, 0.25) is 0 Å². The third kappa shape index (κ3) is 2.40. The zero-order valence-electron chi connectivity index (χ0n) is 6.09. The van der Waals surface area contributed by atoms with Crippen LogP contribution in [0.25, 0.3) is 0 Å². The van der Waals surface area contributed by atoms with Gasteiger partial charge in [-0.2, -0.15) is 0 Å². The lowest BCUT2D eigenvalue weighted by Gasteiger charge is -1.96. The van der Waals surface area contributed by atoms with E-state index in [1.54, 1.807) is 6.92 Å². The van der Waals surface area contributed by atoms with Crippen LogP contribution in [0.15, 0.2) is 11.4 Å². The van der Waals surface area contributed by atoms with Crippen LogP contribution < -0.4 is 0 Å². The Balaban J connectivity index is 4.28. The molecule has 0 saturated heterocycles. The Labute approximate surface area is 55.1 Å². The fourth-order valence-electron chi connectivity index (χ4n) is 0.475. The molecule has 0 aliphatic carbocycles. The van der Waals surface area contributed by atoms with Gasteiger partial charge in [-0.25, -0.2) is 4.39 Å². The predicted octanol–water partition coefficient (Wildman–Crippen LogP) is 2.68. The lowest BCUT2D eigenvalue weighted by molar-refractivity contribution is 0.660.